The molecule has 0 spiro atoms. The Bertz CT molecular complexity index is 513. The first-order valence-electron chi connectivity index (χ1n) is 5.85. The van der Waals surface area contributed by atoms with Gasteiger partial charge in [-0.05, 0) is 23.8 Å². The van der Waals surface area contributed by atoms with Crippen LogP contribution in [0.3, 0.4) is 0 Å². The fraction of sp³-hybridized carbons (Fsp3) is 0.200. The highest BCUT2D eigenvalue weighted by atomic mass is 79.9. The van der Waals surface area contributed by atoms with Crippen LogP contribution in [0.1, 0.15) is 11.1 Å². The second-order valence-electron chi connectivity index (χ2n) is 4.27. The average Bonchev–Trinajstić information content (AvgIpc) is 2.39. The van der Waals surface area contributed by atoms with Crippen molar-refractivity contribution in [3.05, 3.63) is 64.1 Å². The number of anilines is 1. The summed E-state index contributed by atoms with van der Waals surface area (Å²) in [5.74, 6) is 0. The third-order valence-corrected chi connectivity index (χ3v) is 3.38. The zero-order chi connectivity index (χ0) is 13.0. The van der Waals surface area contributed by atoms with E-state index in [1.54, 1.807) is 0 Å². The van der Waals surface area contributed by atoms with E-state index in [2.05, 4.69) is 33.0 Å². The van der Waals surface area contributed by atoms with E-state index in [1.165, 1.54) is 5.56 Å². The molecule has 0 unspecified atom stereocenters. The number of rotatable bonds is 4. The highest BCUT2D eigenvalue weighted by molar-refractivity contribution is 9.10. The van der Waals surface area contributed by atoms with Gasteiger partial charge in [-0.2, -0.15) is 0 Å². The first kappa shape index (κ1) is 13.1. The molecule has 0 radical (unpaired) electrons. The molecule has 0 aromatic heterocycles. The highest BCUT2D eigenvalue weighted by Gasteiger charge is 2.07. The minimum Gasteiger partial charge on any atom is -0.392 e. The Labute approximate surface area is 116 Å². The molecule has 0 aliphatic heterocycles. The minimum absolute atomic E-state index is 0.0495. The van der Waals surface area contributed by atoms with Gasteiger partial charge in [0.2, 0.25) is 0 Å². The van der Waals surface area contributed by atoms with E-state index in [0.29, 0.717) is 0 Å². The Balaban J connectivity index is 2.21. The molecule has 0 saturated carbocycles. The van der Waals surface area contributed by atoms with E-state index >= 15 is 0 Å². The van der Waals surface area contributed by atoms with Crippen LogP contribution in [0.4, 0.5) is 5.69 Å². The summed E-state index contributed by atoms with van der Waals surface area (Å²) >= 11 is 3.42. The van der Waals surface area contributed by atoms with Gasteiger partial charge in [-0.25, -0.2) is 0 Å². The normalized spacial score (nSPS) is 10.4. The Kier molecular flexibility index (Phi) is 4.39. The van der Waals surface area contributed by atoms with Crippen molar-refractivity contribution < 1.29 is 5.11 Å². The summed E-state index contributed by atoms with van der Waals surface area (Å²) in [7, 11) is 2.04. The molecule has 94 valence electrons. The molecule has 0 aliphatic rings. The van der Waals surface area contributed by atoms with Gasteiger partial charge in [-0.3, -0.25) is 0 Å². The fourth-order valence-electron chi connectivity index (χ4n) is 2.00. The van der Waals surface area contributed by atoms with Gasteiger partial charge in [0.25, 0.3) is 0 Å². The number of benzene rings is 2. The number of hydrogen-bond donors (Lipinski definition) is 1. The van der Waals surface area contributed by atoms with Crippen LogP contribution in [0.15, 0.2) is 53.0 Å². The van der Waals surface area contributed by atoms with Gasteiger partial charge in [-0.15, -0.1) is 0 Å². The number of aliphatic hydroxyl groups is 1. The predicted octanol–water partition coefficient (Wildman–Crippen LogP) is 3.58. The predicted molar refractivity (Wildman–Crippen MR) is 78.6 cm³/mol. The van der Waals surface area contributed by atoms with Crippen LogP contribution in [0, 0.1) is 0 Å². The molecule has 0 aliphatic carbocycles. The SMILES string of the molecule is CN(Cc1ccccc1)c1ccc(Br)cc1CO. The first-order chi connectivity index (χ1) is 8.70. The summed E-state index contributed by atoms with van der Waals surface area (Å²) in [6.45, 7) is 0.878. The van der Waals surface area contributed by atoms with Crippen LogP contribution in [0.5, 0.6) is 0 Å². The summed E-state index contributed by atoms with van der Waals surface area (Å²) in [5, 5.41) is 9.41. The van der Waals surface area contributed by atoms with Gasteiger partial charge < -0.3 is 10.0 Å². The van der Waals surface area contributed by atoms with Gasteiger partial charge in [0.05, 0.1) is 6.61 Å². The molecule has 0 heterocycles. The van der Waals surface area contributed by atoms with Gasteiger partial charge in [-0.1, -0.05) is 46.3 Å². The molecule has 3 heteroatoms. The lowest BCUT2D eigenvalue weighted by atomic mass is 10.1. The molecule has 0 amide bonds. The molecule has 18 heavy (non-hydrogen) atoms. The topological polar surface area (TPSA) is 23.5 Å². The van der Waals surface area contributed by atoms with E-state index in [4.69, 9.17) is 0 Å². The summed E-state index contributed by atoms with van der Waals surface area (Å²) in [5.41, 5.74) is 3.25. The molecular weight excluding hydrogens is 290 g/mol. The molecule has 2 rings (SSSR count). The molecule has 2 aromatic rings. The largest absolute Gasteiger partial charge is 0.392 e. The second kappa shape index (κ2) is 6.03. The van der Waals surface area contributed by atoms with Crippen molar-refractivity contribution in [3.8, 4) is 0 Å². The van der Waals surface area contributed by atoms with E-state index in [9.17, 15) is 5.11 Å². The van der Waals surface area contributed by atoms with Crippen molar-refractivity contribution in [1.29, 1.82) is 0 Å². The standard InChI is InChI=1S/C15H16BrNO/c1-17(10-12-5-3-2-4-6-12)15-8-7-14(16)9-13(15)11-18/h2-9,18H,10-11H2,1H3. The maximum atomic E-state index is 9.41. The van der Waals surface area contributed by atoms with E-state index in [1.807, 2.05) is 43.4 Å². The zero-order valence-electron chi connectivity index (χ0n) is 10.3. The smallest absolute Gasteiger partial charge is 0.0702 e. The lowest BCUT2D eigenvalue weighted by Gasteiger charge is -2.22. The number of halogens is 1. The van der Waals surface area contributed by atoms with Crippen LogP contribution in [0.25, 0.3) is 0 Å². The van der Waals surface area contributed by atoms with E-state index in [-0.39, 0.29) is 6.61 Å². The van der Waals surface area contributed by atoms with E-state index in [0.717, 1.165) is 22.3 Å². The molecule has 0 bridgehead atoms. The van der Waals surface area contributed by atoms with Crippen molar-refractivity contribution in [2.24, 2.45) is 0 Å². The Morgan fingerprint density at radius 1 is 1.11 bits per heavy atom. The monoisotopic (exact) mass is 305 g/mol. The van der Waals surface area contributed by atoms with Crippen LogP contribution in [-0.4, -0.2) is 12.2 Å². The third-order valence-electron chi connectivity index (χ3n) is 2.89. The maximum Gasteiger partial charge on any atom is 0.0702 e. The zero-order valence-corrected chi connectivity index (χ0v) is 11.9. The van der Waals surface area contributed by atoms with Gasteiger partial charge in [0.1, 0.15) is 0 Å². The summed E-state index contributed by atoms with van der Waals surface area (Å²) in [6.07, 6.45) is 0. The Morgan fingerprint density at radius 2 is 1.83 bits per heavy atom. The molecule has 2 nitrogen and oxygen atoms in total. The summed E-state index contributed by atoms with van der Waals surface area (Å²) in [6, 6.07) is 16.3. The lowest BCUT2D eigenvalue weighted by Crippen LogP contribution is -2.18. The fourth-order valence-corrected chi connectivity index (χ4v) is 2.40. The van der Waals surface area contributed by atoms with Crippen molar-refractivity contribution in [3.63, 3.8) is 0 Å². The third kappa shape index (κ3) is 3.12. The molecular formula is C15H16BrNO. The van der Waals surface area contributed by atoms with Crippen LogP contribution in [-0.2, 0) is 13.2 Å². The van der Waals surface area contributed by atoms with Crippen LogP contribution < -0.4 is 4.90 Å². The average molecular weight is 306 g/mol. The maximum absolute atomic E-state index is 9.41. The molecule has 0 atom stereocenters. The Hall–Kier alpha value is -1.32. The molecule has 0 fully saturated rings. The lowest BCUT2D eigenvalue weighted by molar-refractivity contribution is 0.282. The number of aliphatic hydroxyl groups excluding tert-OH is 1. The molecule has 1 N–H and O–H groups in total. The summed E-state index contributed by atoms with van der Waals surface area (Å²) < 4.78 is 0.989. The van der Waals surface area contributed by atoms with Gasteiger partial charge in [0.15, 0.2) is 0 Å². The highest BCUT2D eigenvalue weighted by Crippen LogP contribution is 2.25. The van der Waals surface area contributed by atoms with Crippen molar-refractivity contribution >= 4 is 21.6 Å². The number of nitrogens with zero attached hydrogens (tertiary/aromatic N) is 1. The van der Waals surface area contributed by atoms with Crippen LogP contribution in [0.2, 0.25) is 0 Å². The molecule has 0 saturated heterocycles. The van der Waals surface area contributed by atoms with E-state index < -0.39 is 0 Å². The molecule has 2 aromatic carbocycles. The quantitative estimate of drug-likeness (QED) is 0.933. The van der Waals surface area contributed by atoms with Crippen molar-refractivity contribution in [1.82, 2.24) is 0 Å². The minimum atomic E-state index is 0.0495. The Morgan fingerprint density at radius 3 is 2.50 bits per heavy atom. The first-order valence-corrected chi connectivity index (χ1v) is 6.64. The van der Waals surface area contributed by atoms with Crippen molar-refractivity contribution in [2.75, 3.05) is 11.9 Å². The second-order valence-corrected chi connectivity index (χ2v) is 5.19. The van der Waals surface area contributed by atoms with Gasteiger partial charge in [0, 0.05) is 29.3 Å². The number of hydrogen-bond acceptors (Lipinski definition) is 2. The van der Waals surface area contributed by atoms with Crippen molar-refractivity contribution in [2.45, 2.75) is 13.2 Å². The van der Waals surface area contributed by atoms with Gasteiger partial charge >= 0.3 is 0 Å². The summed E-state index contributed by atoms with van der Waals surface area (Å²) in [4.78, 5) is 2.15. The van der Waals surface area contributed by atoms with Crippen LogP contribution >= 0.6 is 15.9 Å².